The summed E-state index contributed by atoms with van der Waals surface area (Å²) in [6.45, 7) is -1.36. The first kappa shape index (κ1) is 22.5. The molecule has 3 heterocycles. The number of hydrogen-bond acceptors (Lipinski definition) is 12. The van der Waals surface area contributed by atoms with Gasteiger partial charge in [-0.3, -0.25) is 0 Å². The van der Waals surface area contributed by atoms with Gasteiger partial charge in [-0.15, -0.1) is 0 Å². The Morgan fingerprint density at radius 1 is 0.793 bits per heavy atom. The van der Waals surface area contributed by atoms with Crippen molar-refractivity contribution in [3.8, 4) is 0 Å². The SMILES string of the molecule is OC[C@H]1O[C@@H](O[C@@H]2[C@@H](O)[C@H](OCc3ccco3)O[C@H](CO)[C@H]2O)[C@H](O)[C@@H](O)[C@@H]1O. The van der Waals surface area contributed by atoms with Crippen LogP contribution in [0.15, 0.2) is 22.8 Å². The summed E-state index contributed by atoms with van der Waals surface area (Å²) in [7, 11) is 0. The standard InChI is InChI=1S/C17H26O12/c18-4-8-10(20)12(22)13(23)17(28-8)29-15-11(21)9(5-19)27-16(14(15)24)26-6-7-2-1-3-25-7/h1-3,8-24H,4-6H2/t8-,9-,10-,11-,12+,13-,14-,15+,16-,17+/m1/s1. The van der Waals surface area contributed by atoms with Crippen LogP contribution in [-0.4, -0.2) is 110 Å². The second-order valence-electron chi connectivity index (χ2n) is 6.90. The summed E-state index contributed by atoms with van der Waals surface area (Å²) in [5.41, 5.74) is 0. The molecule has 12 nitrogen and oxygen atoms in total. The van der Waals surface area contributed by atoms with Crippen LogP contribution in [0.4, 0.5) is 0 Å². The summed E-state index contributed by atoms with van der Waals surface area (Å²) in [6.07, 6.45) is -13.5. The summed E-state index contributed by atoms with van der Waals surface area (Å²) < 4.78 is 26.6. The molecule has 0 saturated carbocycles. The van der Waals surface area contributed by atoms with Gasteiger partial charge < -0.3 is 59.1 Å². The molecular weight excluding hydrogens is 396 g/mol. The predicted octanol–water partition coefficient (Wildman–Crippen LogP) is -3.58. The molecule has 29 heavy (non-hydrogen) atoms. The van der Waals surface area contributed by atoms with Crippen molar-refractivity contribution in [2.24, 2.45) is 0 Å². The minimum atomic E-state index is -1.73. The highest BCUT2D eigenvalue weighted by Crippen LogP contribution is 2.29. The lowest BCUT2D eigenvalue weighted by Crippen LogP contribution is -2.64. The Labute approximate surface area is 165 Å². The van der Waals surface area contributed by atoms with E-state index in [1.54, 1.807) is 12.1 Å². The second-order valence-corrected chi connectivity index (χ2v) is 6.90. The molecule has 2 aliphatic rings. The third kappa shape index (κ3) is 4.78. The number of rotatable bonds is 7. The first-order valence-electron chi connectivity index (χ1n) is 9.09. The molecule has 7 N–H and O–H groups in total. The molecule has 1 aromatic heterocycles. The number of hydrogen-bond donors (Lipinski definition) is 7. The van der Waals surface area contributed by atoms with Crippen LogP contribution in [0.5, 0.6) is 0 Å². The molecular formula is C17H26O12. The fourth-order valence-corrected chi connectivity index (χ4v) is 3.25. The monoisotopic (exact) mass is 422 g/mol. The van der Waals surface area contributed by atoms with E-state index < -0.39 is 74.6 Å². The predicted molar refractivity (Wildman–Crippen MR) is 89.9 cm³/mol. The average Bonchev–Trinajstić information content (AvgIpc) is 3.24. The fourth-order valence-electron chi connectivity index (χ4n) is 3.25. The van der Waals surface area contributed by atoms with Gasteiger partial charge in [0.05, 0.1) is 19.5 Å². The van der Waals surface area contributed by atoms with E-state index in [1.165, 1.54) is 6.26 Å². The van der Waals surface area contributed by atoms with Gasteiger partial charge in [-0.25, -0.2) is 0 Å². The molecule has 0 radical (unpaired) electrons. The van der Waals surface area contributed by atoms with Gasteiger partial charge in [-0.05, 0) is 12.1 Å². The molecule has 0 spiro atoms. The summed E-state index contributed by atoms with van der Waals surface area (Å²) >= 11 is 0. The zero-order valence-corrected chi connectivity index (χ0v) is 15.3. The molecule has 166 valence electrons. The van der Waals surface area contributed by atoms with Crippen LogP contribution in [0.1, 0.15) is 5.76 Å². The lowest BCUT2D eigenvalue weighted by molar-refractivity contribution is -0.361. The molecule has 1 aromatic rings. The highest BCUT2D eigenvalue weighted by atomic mass is 16.7. The lowest BCUT2D eigenvalue weighted by Gasteiger charge is -2.45. The fraction of sp³-hybridized carbons (Fsp3) is 0.765. The van der Waals surface area contributed by atoms with Gasteiger partial charge in [0, 0.05) is 0 Å². The number of aliphatic hydroxyl groups is 7. The average molecular weight is 422 g/mol. The van der Waals surface area contributed by atoms with E-state index in [9.17, 15) is 35.7 Å². The van der Waals surface area contributed by atoms with Crippen LogP contribution in [0.2, 0.25) is 0 Å². The van der Waals surface area contributed by atoms with Crippen molar-refractivity contribution in [3.63, 3.8) is 0 Å². The number of aliphatic hydroxyl groups excluding tert-OH is 7. The van der Waals surface area contributed by atoms with Crippen molar-refractivity contribution in [2.75, 3.05) is 13.2 Å². The zero-order chi connectivity index (χ0) is 21.1. The Morgan fingerprint density at radius 2 is 1.45 bits per heavy atom. The van der Waals surface area contributed by atoms with Gasteiger partial charge in [0.2, 0.25) is 0 Å². The van der Waals surface area contributed by atoms with Crippen molar-refractivity contribution < 1.29 is 59.1 Å². The van der Waals surface area contributed by atoms with Crippen LogP contribution in [0.3, 0.4) is 0 Å². The smallest absolute Gasteiger partial charge is 0.187 e. The Kier molecular flexibility index (Phi) is 7.58. The Morgan fingerprint density at radius 3 is 2.07 bits per heavy atom. The van der Waals surface area contributed by atoms with Crippen molar-refractivity contribution in [2.45, 2.75) is 68.0 Å². The topological polar surface area (TPSA) is 192 Å². The summed E-state index contributed by atoms with van der Waals surface area (Å²) in [5, 5.41) is 69.5. The molecule has 2 saturated heterocycles. The molecule has 0 bridgehead atoms. The Balaban J connectivity index is 1.71. The maximum absolute atomic E-state index is 10.6. The minimum Gasteiger partial charge on any atom is -0.467 e. The van der Waals surface area contributed by atoms with Gasteiger partial charge in [-0.2, -0.15) is 0 Å². The third-order valence-electron chi connectivity index (χ3n) is 4.93. The highest BCUT2D eigenvalue weighted by molar-refractivity contribution is 4.97. The van der Waals surface area contributed by atoms with E-state index in [2.05, 4.69) is 0 Å². The van der Waals surface area contributed by atoms with Gasteiger partial charge in [0.15, 0.2) is 12.6 Å². The van der Waals surface area contributed by atoms with E-state index in [0.29, 0.717) is 5.76 Å². The second kappa shape index (κ2) is 9.76. The highest BCUT2D eigenvalue weighted by Gasteiger charge is 2.50. The maximum Gasteiger partial charge on any atom is 0.187 e. The molecule has 2 aliphatic heterocycles. The van der Waals surface area contributed by atoms with E-state index >= 15 is 0 Å². The van der Waals surface area contributed by atoms with Crippen LogP contribution in [0.25, 0.3) is 0 Å². The molecule has 0 aromatic carbocycles. The summed E-state index contributed by atoms with van der Waals surface area (Å²) in [5.74, 6) is 0.443. The molecule has 0 amide bonds. The molecule has 12 heteroatoms. The Hall–Kier alpha value is -1.16. The molecule has 10 atom stereocenters. The Bertz CT molecular complexity index is 610. The van der Waals surface area contributed by atoms with E-state index in [0.717, 1.165) is 0 Å². The van der Waals surface area contributed by atoms with Crippen molar-refractivity contribution in [3.05, 3.63) is 24.2 Å². The van der Waals surface area contributed by atoms with E-state index in [1.807, 2.05) is 0 Å². The van der Waals surface area contributed by atoms with Crippen LogP contribution < -0.4 is 0 Å². The van der Waals surface area contributed by atoms with Crippen molar-refractivity contribution in [1.29, 1.82) is 0 Å². The quantitative estimate of drug-likeness (QED) is 0.229. The molecule has 2 fully saturated rings. The summed E-state index contributed by atoms with van der Waals surface area (Å²) in [4.78, 5) is 0. The van der Waals surface area contributed by atoms with Gasteiger partial charge in [0.25, 0.3) is 0 Å². The number of furan rings is 1. The first-order chi connectivity index (χ1) is 13.9. The van der Waals surface area contributed by atoms with Gasteiger partial charge >= 0.3 is 0 Å². The van der Waals surface area contributed by atoms with E-state index in [4.69, 9.17) is 23.4 Å². The van der Waals surface area contributed by atoms with Crippen LogP contribution in [-0.2, 0) is 25.6 Å². The van der Waals surface area contributed by atoms with Crippen molar-refractivity contribution in [1.82, 2.24) is 0 Å². The van der Waals surface area contributed by atoms with Gasteiger partial charge in [0.1, 0.15) is 61.2 Å². The molecule has 0 aliphatic carbocycles. The van der Waals surface area contributed by atoms with Crippen LogP contribution >= 0.6 is 0 Å². The number of ether oxygens (including phenoxy) is 4. The normalized spacial score (nSPS) is 43.4. The third-order valence-corrected chi connectivity index (χ3v) is 4.93. The largest absolute Gasteiger partial charge is 0.467 e. The van der Waals surface area contributed by atoms with E-state index in [-0.39, 0.29) is 6.61 Å². The first-order valence-corrected chi connectivity index (χ1v) is 9.09. The lowest BCUT2D eigenvalue weighted by atomic mass is 9.97. The minimum absolute atomic E-state index is 0.0737. The van der Waals surface area contributed by atoms with Crippen molar-refractivity contribution >= 4 is 0 Å². The van der Waals surface area contributed by atoms with Crippen LogP contribution in [0, 0.1) is 0 Å². The zero-order valence-electron chi connectivity index (χ0n) is 15.3. The summed E-state index contributed by atoms with van der Waals surface area (Å²) in [6, 6.07) is 3.28. The molecule has 0 unspecified atom stereocenters. The maximum atomic E-state index is 10.6. The van der Waals surface area contributed by atoms with Gasteiger partial charge in [-0.1, -0.05) is 0 Å². The molecule has 3 rings (SSSR count).